The quantitative estimate of drug-likeness (QED) is 0.0483. The van der Waals surface area contributed by atoms with Crippen LogP contribution in [0.1, 0.15) is 202 Å². The Labute approximate surface area is 373 Å². The largest absolute Gasteiger partial charge is 0.463 e. The SMILES string of the molecule is C=CCO[C@H]1[C@H](O[C@H]2CC[C@@]3(C)C(=CC[C@H]4[C@@H]5CC[C@H]([C@H](C)CCCC(C)C)[C@@]5(C)CC[C@@H]43)C2)O[C@H](COC(=O)CCCCCCC/C=C\CCCCCCCC)[C@H](O)[C@@H]1O. The van der Waals surface area contributed by atoms with E-state index >= 15 is 0 Å². The van der Waals surface area contributed by atoms with Gasteiger partial charge in [0.2, 0.25) is 0 Å². The Kier molecular flexibility index (Phi) is 20.9. The lowest BCUT2D eigenvalue weighted by molar-refractivity contribution is -0.320. The number of hydrogen-bond acceptors (Lipinski definition) is 7. The maximum Gasteiger partial charge on any atom is 0.305 e. The van der Waals surface area contributed by atoms with Gasteiger partial charge < -0.3 is 29.2 Å². The summed E-state index contributed by atoms with van der Waals surface area (Å²) in [6.07, 6.45) is 33.2. The lowest BCUT2D eigenvalue weighted by Gasteiger charge is -2.58. The molecule has 5 aliphatic rings. The van der Waals surface area contributed by atoms with Crippen molar-refractivity contribution in [3.63, 3.8) is 0 Å². The molecule has 1 saturated heterocycles. The Balaban J connectivity index is 1.06. The van der Waals surface area contributed by atoms with E-state index in [-0.39, 0.29) is 30.7 Å². The molecular weight excluding hydrogens is 761 g/mol. The summed E-state index contributed by atoms with van der Waals surface area (Å²) in [7, 11) is 0. The minimum Gasteiger partial charge on any atom is -0.463 e. The van der Waals surface area contributed by atoms with E-state index < -0.39 is 30.7 Å². The number of rotatable bonds is 27. The Bertz CT molecular complexity index is 1360. The van der Waals surface area contributed by atoms with Gasteiger partial charge in [-0.2, -0.15) is 0 Å². The predicted octanol–water partition coefficient (Wildman–Crippen LogP) is 13.0. The third kappa shape index (κ3) is 13.8. The topological polar surface area (TPSA) is 94.5 Å². The van der Waals surface area contributed by atoms with E-state index in [9.17, 15) is 15.0 Å². The van der Waals surface area contributed by atoms with Crippen molar-refractivity contribution in [1.82, 2.24) is 0 Å². The van der Waals surface area contributed by atoms with Crippen molar-refractivity contribution in [1.29, 1.82) is 0 Å². The van der Waals surface area contributed by atoms with Gasteiger partial charge in [0.15, 0.2) is 6.29 Å². The molecule has 0 bridgehead atoms. The molecule has 13 atom stereocenters. The molecule has 61 heavy (non-hydrogen) atoms. The van der Waals surface area contributed by atoms with Crippen LogP contribution in [-0.4, -0.2) is 66.2 Å². The van der Waals surface area contributed by atoms with Gasteiger partial charge in [-0.3, -0.25) is 4.79 Å². The minimum absolute atomic E-state index is 0.0844. The number of unbranched alkanes of at least 4 members (excludes halogenated alkanes) is 11. The zero-order chi connectivity index (χ0) is 43.8. The number of carbonyl (C=O) groups excluding carboxylic acids is 1. The van der Waals surface area contributed by atoms with Crippen LogP contribution in [0.15, 0.2) is 36.5 Å². The van der Waals surface area contributed by atoms with Crippen LogP contribution in [0.25, 0.3) is 0 Å². The van der Waals surface area contributed by atoms with Crippen LogP contribution in [0, 0.1) is 46.3 Å². The molecule has 0 aromatic heterocycles. The first-order valence-corrected chi connectivity index (χ1v) is 25.8. The average molecular weight is 853 g/mol. The molecule has 3 saturated carbocycles. The number of esters is 1. The highest BCUT2D eigenvalue weighted by molar-refractivity contribution is 5.69. The highest BCUT2D eigenvalue weighted by Crippen LogP contribution is 2.67. The smallest absolute Gasteiger partial charge is 0.305 e. The monoisotopic (exact) mass is 853 g/mol. The molecular formula is C54H92O7. The average Bonchev–Trinajstić information content (AvgIpc) is 3.60. The van der Waals surface area contributed by atoms with Crippen molar-refractivity contribution in [3.8, 4) is 0 Å². The molecule has 1 heterocycles. The first-order chi connectivity index (χ1) is 29.4. The first-order valence-electron chi connectivity index (χ1n) is 25.8. The van der Waals surface area contributed by atoms with Crippen LogP contribution < -0.4 is 0 Å². The summed E-state index contributed by atoms with van der Waals surface area (Å²) in [6.45, 7) is 18.6. The molecule has 4 fully saturated rings. The van der Waals surface area contributed by atoms with Gasteiger partial charge in [-0.25, -0.2) is 0 Å². The molecule has 350 valence electrons. The molecule has 4 aliphatic carbocycles. The summed E-state index contributed by atoms with van der Waals surface area (Å²) in [5.41, 5.74) is 2.19. The highest BCUT2D eigenvalue weighted by atomic mass is 16.7. The Morgan fingerprint density at radius 2 is 1.57 bits per heavy atom. The van der Waals surface area contributed by atoms with Gasteiger partial charge in [-0.1, -0.05) is 142 Å². The summed E-state index contributed by atoms with van der Waals surface area (Å²) in [5.74, 6) is 4.49. The Hall–Kier alpha value is -1.51. The molecule has 7 heteroatoms. The van der Waals surface area contributed by atoms with Crippen LogP contribution in [0.5, 0.6) is 0 Å². The number of allylic oxidation sites excluding steroid dienone is 3. The Morgan fingerprint density at radius 1 is 0.869 bits per heavy atom. The van der Waals surface area contributed by atoms with Crippen LogP contribution in [0.4, 0.5) is 0 Å². The number of fused-ring (bicyclic) bond motifs is 5. The van der Waals surface area contributed by atoms with Gasteiger partial charge in [0.25, 0.3) is 0 Å². The number of aliphatic hydroxyl groups excluding tert-OH is 2. The van der Waals surface area contributed by atoms with Crippen molar-refractivity contribution in [3.05, 3.63) is 36.5 Å². The van der Waals surface area contributed by atoms with E-state index in [4.69, 9.17) is 18.9 Å². The third-order valence-electron chi connectivity index (χ3n) is 16.7. The second-order valence-corrected chi connectivity index (χ2v) is 21.4. The normalized spacial score (nSPS) is 35.4. The second kappa shape index (κ2) is 25.3. The number of carbonyl (C=O) groups is 1. The summed E-state index contributed by atoms with van der Waals surface area (Å²) in [4.78, 5) is 12.8. The molecule has 1 aliphatic heterocycles. The maximum atomic E-state index is 12.8. The first kappa shape index (κ1) is 50.5. The summed E-state index contributed by atoms with van der Waals surface area (Å²) >= 11 is 0. The van der Waals surface area contributed by atoms with Gasteiger partial charge >= 0.3 is 5.97 Å². The second-order valence-electron chi connectivity index (χ2n) is 21.4. The van der Waals surface area contributed by atoms with Crippen molar-refractivity contribution < 1.29 is 34.0 Å². The van der Waals surface area contributed by atoms with Crippen LogP contribution in [0.2, 0.25) is 0 Å². The zero-order valence-corrected chi connectivity index (χ0v) is 40.0. The molecule has 7 nitrogen and oxygen atoms in total. The van der Waals surface area contributed by atoms with Crippen molar-refractivity contribution in [2.75, 3.05) is 13.2 Å². The number of hydrogen-bond donors (Lipinski definition) is 2. The number of aliphatic hydroxyl groups is 2. The van der Waals surface area contributed by atoms with E-state index in [0.29, 0.717) is 11.8 Å². The zero-order valence-electron chi connectivity index (χ0n) is 40.0. The summed E-state index contributed by atoms with van der Waals surface area (Å²) < 4.78 is 24.7. The van der Waals surface area contributed by atoms with Crippen molar-refractivity contribution in [2.24, 2.45) is 46.3 Å². The van der Waals surface area contributed by atoms with Gasteiger partial charge in [0, 0.05) is 6.42 Å². The summed E-state index contributed by atoms with van der Waals surface area (Å²) in [5, 5.41) is 22.4. The molecule has 0 spiro atoms. The van der Waals surface area contributed by atoms with E-state index in [1.54, 1.807) is 6.08 Å². The lowest BCUT2D eigenvalue weighted by Crippen LogP contribution is -2.61. The maximum absolute atomic E-state index is 12.8. The third-order valence-corrected chi connectivity index (χ3v) is 16.7. The molecule has 0 aromatic carbocycles. The Morgan fingerprint density at radius 3 is 2.28 bits per heavy atom. The fourth-order valence-corrected chi connectivity index (χ4v) is 13.1. The molecule has 2 N–H and O–H groups in total. The molecule has 0 radical (unpaired) electrons. The van der Waals surface area contributed by atoms with E-state index in [1.807, 2.05) is 0 Å². The molecule has 0 unspecified atom stereocenters. The van der Waals surface area contributed by atoms with E-state index in [0.717, 1.165) is 80.5 Å². The van der Waals surface area contributed by atoms with E-state index in [2.05, 4.69) is 66.3 Å². The van der Waals surface area contributed by atoms with Crippen LogP contribution in [-0.2, 0) is 23.7 Å². The summed E-state index contributed by atoms with van der Waals surface area (Å²) in [6, 6.07) is 0. The molecule has 0 amide bonds. The standard InChI is InChI=1S/C54H92O7/c1-8-10-11-12-13-14-15-16-17-18-19-20-21-22-23-27-48(55)59-38-47-49(56)50(57)51(58-36-9-2)52(61-47)60-42-32-34-53(6)41(37-42)28-29-43-45-31-30-44(40(5)26-24-25-39(3)4)54(45,7)35-33-46(43)53/h9,16-17,28,39-40,42-47,49-52,56-57H,2,8,10-15,18-27,29-38H2,1,3-7H3/b17-16-/t40-,42+,43+,44-,45+,46+,47-,49+,50+,51-,52-,53+,54-/m1/s1. The van der Waals surface area contributed by atoms with Crippen molar-refractivity contribution in [2.45, 2.75) is 239 Å². The van der Waals surface area contributed by atoms with Crippen molar-refractivity contribution >= 4 is 5.97 Å². The van der Waals surface area contributed by atoms with Gasteiger partial charge in [-0.15, -0.1) is 6.58 Å². The van der Waals surface area contributed by atoms with Gasteiger partial charge in [0.1, 0.15) is 31.0 Å². The fourth-order valence-electron chi connectivity index (χ4n) is 13.1. The van der Waals surface area contributed by atoms with Gasteiger partial charge in [0.05, 0.1) is 12.7 Å². The van der Waals surface area contributed by atoms with Crippen LogP contribution >= 0.6 is 0 Å². The van der Waals surface area contributed by atoms with E-state index in [1.165, 1.54) is 115 Å². The lowest BCUT2D eigenvalue weighted by atomic mass is 9.47. The fraction of sp³-hybridized carbons (Fsp3) is 0.870. The van der Waals surface area contributed by atoms with Crippen LogP contribution in [0.3, 0.4) is 0 Å². The predicted molar refractivity (Wildman–Crippen MR) is 249 cm³/mol. The molecule has 5 rings (SSSR count). The highest BCUT2D eigenvalue weighted by Gasteiger charge is 2.59. The molecule has 0 aromatic rings. The number of ether oxygens (including phenoxy) is 4. The minimum atomic E-state index is -1.27. The van der Waals surface area contributed by atoms with Gasteiger partial charge in [-0.05, 0) is 130 Å².